The fourth-order valence-electron chi connectivity index (χ4n) is 7.11. The Labute approximate surface area is 251 Å². The summed E-state index contributed by atoms with van der Waals surface area (Å²) in [4.78, 5) is 10.1. The maximum atomic E-state index is 6.45. The molecule has 0 saturated carbocycles. The zero-order valence-electron chi connectivity index (χ0n) is 23.5. The summed E-state index contributed by atoms with van der Waals surface area (Å²) in [7, 11) is 0. The second kappa shape index (κ2) is 8.76. The summed E-state index contributed by atoms with van der Waals surface area (Å²) in [6, 6.07) is 48.9. The Morgan fingerprint density at radius 2 is 1.05 bits per heavy atom. The van der Waals surface area contributed by atoms with Crippen LogP contribution in [-0.2, 0) is 0 Å². The lowest BCUT2D eigenvalue weighted by Gasteiger charge is -2.09. The topological polar surface area (TPSA) is 43.9 Å². The van der Waals surface area contributed by atoms with Crippen molar-refractivity contribution in [1.82, 2.24) is 14.5 Å². The number of fused-ring (bicyclic) bond motifs is 6. The minimum absolute atomic E-state index is 0.588. The van der Waals surface area contributed by atoms with E-state index in [9.17, 15) is 0 Å². The summed E-state index contributed by atoms with van der Waals surface area (Å²) in [5, 5.41) is 9.65. The monoisotopic (exact) mass is 561 g/mol. The Bertz CT molecular complexity index is 2620. The Balaban J connectivity index is 1.30. The summed E-state index contributed by atoms with van der Waals surface area (Å²) >= 11 is 0. The van der Waals surface area contributed by atoms with Gasteiger partial charge in [-0.3, -0.25) is 0 Å². The van der Waals surface area contributed by atoms with Crippen LogP contribution in [0.15, 0.2) is 144 Å². The molecule has 0 saturated heterocycles. The van der Waals surface area contributed by atoms with Gasteiger partial charge in [0.1, 0.15) is 5.58 Å². The molecule has 44 heavy (non-hydrogen) atoms. The molecule has 10 rings (SSSR count). The molecule has 204 valence electrons. The molecule has 0 spiro atoms. The van der Waals surface area contributed by atoms with Gasteiger partial charge in [0, 0.05) is 33.0 Å². The number of aromatic nitrogens is 3. The van der Waals surface area contributed by atoms with Crippen LogP contribution in [0.2, 0.25) is 0 Å². The van der Waals surface area contributed by atoms with Crippen molar-refractivity contribution in [1.29, 1.82) is 0 Å². The molecule has 3 aromatic heterocycles. The first kappa shape index (κ1) is 23.6. The molecule has 7 aromatic carbocycles. The molecular weight excluding hydrogens is 538 g/mol. The molecule has 0 aliphatic rings. The third-order valence-electron chi connectivity index (χ3n) is 8.98. The predicted octanol–water partition coefficient (Wildman–Crippen LogP) is 10.6. The standard InChI is InChI=1S/C40H23N3O/c1-3-11-24(12-4-1)38-37-31-23-26(21-22-34(31)44-40(37)42-39(41-38)25-13-5-2-6-14-25)43-32-19-9-17-29-27-15-7-8-16-28(27)30-18-10-20-33(43)36(30)35(29)32/h1-23H. The Hall–Kier alpha value is -6.00. The summed E-state index contributed by atoms with van der Waals surface area (Å²) in [6.07, 6.45) is 0. The maximum absolute atomic E-state index is 6.45. The molecule has 0 aliphatic carbocycles. The first-order valence-corrected chi connectivity index (χ1v) is 14.8. The molecule has 0 atom stereocenters. The quantitative estimate of drug-likeness (QED) is 0.202. The third-order valence-corrected chi connectivity index (χ3v) is 8.98. The molecule has 4 nitrogen and oxygen atoms in total. The van der Waals surface area contributed by atoms with Gasteiger partial charge in [-0.15, -0.1) is 0 Å². The summed E-state index contributed by atoms with van der Waals surface area (Å²) in [5.41, 5.74) is 7.69. The van der Waals surface area contributed by atoms with Crippen LogP contribution in [0.4, 0.5) is 0 Å². The van der Waals surface area contributed by atoms with E-state index in [0.717, 1.165) is 38.9 Å². The van der Waals surface area contributed by atoms with E-state index in [0.29, 0.717) is 11.5 Å². The van der Waals surface area contributed by atoms with Crippen LogP contribution in [-0.4, -0.2) is 14.5 Å². The molecule has 0 bridgehead atoms. The van der Waals surface area contributed by atoms with Crippen molar-refractivity contribution in [2.45, 2.75) is 0 Å². The largest absolute Gasteiger partial charge is 0.438 e. The van der Waals surface area contributed by atoms with Gasteiger partial charge >= 0.3 is 0 Å². The van der Waals surface area contributed by atoms with E-state index in [-0.39, 0.29) is 0 Å². The van der Waals surface area contributed by atoms with Crippen LogP contribution in [0, 0.1) is 0 Å². The van der Waals surface area contributed by atoms with Crippen molar-refractivity contribution in [2.24, 2.45) is 0 Å². The van der Waals surface area contributed by atoms with E-state index >= 15 is 0 Å². The Kier molecular flexibility index (Phi) is 4.69. The van der Waals surface area contributed by atoms with E-state index in [1.807, 2.05) is 48.5 Å². The lowest BCUT2D eigenvalue weighted by Crippen LogP contribution is -1.95. The SMILES string of the molecule is c1ccc(-c2nc(-c3ccccc3)c3c(n2)oc2ccc(-n4c5cccc6c7ccccc7c7cccc4c7c65)cc23)cc1. The number of rotatable bonds is 3. The van der Waals surface area contributed by atoms with E-state index < -0.39 is 0 Å². The zero-order chi connectivity index (χ0) is 28.8. The minimum atomic E-state index is 0.588. The normalized spacial score (nSPS) is 12.1. The second-order valence-electron chi connectivity index (χ2n) is 11.4. The van der Waals surface area contributed by atoms with Crippen molar-refractivity contribution >= 4 is 65.4 Å². The van der Waals surface area contributed by atoms with Gasteiger partial charge in [-0.25, -0.2) is 4.98 Å². The highest BCUT2D eigenvalue weighted by atomic mass is 16.3. The van der Waals surface area contributed by atoms with Crippen LogP contribution in [0.1, 0.15) is 0 Å². The van der Waals surface area contributed by atoms with Gasteiger partial charge in [0.25, 0.3) is 0 Å². The van der Waals surface area contributed by atoms with Crippen LogP contribution in [0.25, 0.3) is 93.8 Å². The number of furan rings is 1. The fraction of sp³-hybridized carbons (Fsp3) is 0. The average Bonchev–Trinajstić information content (AvgIpc) is 3.64. The molecule has 4 heteroatoms. The maximum Gasteiger partial charge on any atom is 0.231 e. The third kappa shape index (κ3) is 3.17. The number of hydrogen-bond acceptors (Lipinski definition) is 3. The molecular formula is C40H23N3O. The van der Waals surface area contributed by atoms with Crippen molar-refractivity contribution in [3.05, 3.63) is 140 Å². The van der Waals surface area contributed by atoms with Gasteiger partial charge in [0.05, 0.1) is 22.1 Å². The zero-order valence-corrected chi connectivity index (χ0v) is 23.5. The minimum Gasteiger partial charge on any atom is -0.438 e. The van der Waals surface area contributed by atoms with Crippen molar-refractivity contribution in [3.63, 3.8) is 0 Å². The van der Waals surface area contributed by atoms with Crippen LogP contribution in [0.3, 0.4) is 0 Å². The Morgan fingerprint density at radius 1 is 0.455 bits per heavy atom. The van der Waals surface area contributed by atoms with Gasteiger partial charge in [-0.2, -0.15) is 4.98 Å². The summed E-state index contributed by atoms with van der Waals surface area (Å²) < 4.78 is 8.85. The molecule has 0 unspecified atom stereocenters. The van der Waals surface area contributed by atoms with Gasteiger partial charge in [-0.05, 0) is 51.9 Å². The van der Waals surface area contributed by atoms with Crippen molar-refractivity contribution in [3.8, 4) is 28.3 Å². The van der Waals surface area contributed by atoms with Crippen LogP contribution in [0.5, 0.6) is 0 Å². The smallest absolute Gasteiger partial charge is 0.231 e. The molecule has 0 radical (unpaired) electrons. The van der Waals surface area contributed by atoms with E-state index in [1.165, 1.54) is 43.4 Å². The first-order valence-electron chi connectivity index (χ1n) is 14.8. The Morgan fingerprint density at radius 3 is 1.70 bits per heavy atom. The van der Waals surface area contributed by atoms with Crippen LogP contribution >= 0.6 is 0 Å². The highest BCUT2D eigenvalue weighted by molar-refractivity contribution is 6.34. The van der Waals surface area contributed by atoms with Gasteiger partial charge < -0.3 is 8.98 Å². The van der Waals surface area contributed by atoms with Gasteiger partial charge in [0.15, 0.2) is 5.82 Å². The predicted molar refractivity (Wildman–Crippen MR) is 181 cm³/mol. The molecule has 3 heterocycles. The van der Waals surface area contributed by atoms with Gasteiger partial charge in [0.2, 0.25) is 5.71 Å². The highest BCUT2D eigenvalue weighted by Crippen LogP contribution is 2.44. The number of benzene rings is 7. The molecule has 10 aromatic rings. The fourth-order valence-corrected chi connectivity index (χ4v) is 7.11. The molecule has 0 amide bonds. The molecule has 0 N–H and O–H groups in total. The van der Waals surface area contributed by atoms with Crippen molar-refractivity contribution in [2.75, 3.05) is 0 Å². The van der Waals surface area contributed by atoms with E-state index in [2.05, 4.69) is 95.6 Å². The number of hydrogen-bond donors (Lipinski definition) is 0. The number of nitrogens with zero attached hydrogens (tertiary/aromatic N) is 3. The average molecular weight is 562 g/mol. The van der Waals surface area contributed by atoms with Crippen LogP contribution < -0.4 is 0 Å². The second-order valence-corrected chi connectivity index (χ2v) is 11.4. The lowest BCUT2D eigenvalue weighted by atomic mass is 9.95. The van der Waals surface area contributed by atoms with E-state index in [1.54, 1.807) is 0 Å². The molecule has 0 aliphatic heterocycles. The van der Waals surface area contributed by atoms with Gasteiger partial charge in [-0.1, -0.05) is 109 Å². The molecule has 0 fully saturated rings. The first-order chi connectivity index (χ1) is 21.8. The lowest BCUT2D eigenvalue weighted by molar-refractivity contribution is 0.653. The van der Waals surface area contributed by atoms with E-state index in [4.69, 9.17) is 14.4 Å². The summed E-state index contributed by atoms with van der Waals surface area (Å²) in [6.45, 7) is 0. The summed E-state index contributed by atoms with van der Waals surface area (Å²) in [5.74, 6) is 0.650. The van der Waals surface area contributed by atoms with Crippen molar-refractivity contribution < 1.29 is 4.42 Å². The highest BCUT2D eigenvalue weighted by Gasteiger charge is 2.22.